The highest BCUT2D eigenvalue weighted by molar-refractivity contribution is 9.10. The topological polar surface area (TPSA) is 43.4 Å². The third-order valence-electron chi connectivity index (χ3n) is 2.35. The molecule has 2 aromatic rings. The van der Waals surface area contributed by atoms with Crippen LogP contribution >= 0.6 is 27.5 Å². The molecule has 0 aromatic heterocycles. The zero-order chi connectivity index (χ0) is 14.0. The summed E-state index contributed by atoms with van der Waals surface area (Å²) in [6.45, 7) is 1.88. The summed E-state index contributed by atoms with van der Waals surface area (Å²) in [7, 11) is -3.84. The third-order valence-corrected chi connectivity index (χ3v) is 4.29. The Morgan fingerprint density at radius 2 is 1.74 bits per heavy atom. The smallest absolute Gasteiger partial charge is 0.339 e. The van der Waals surface area contributed by atoms with E-state index in [4.69, 9.17) is 15.8 Å². The van der Waals surface area contributed by atoms with Gasteiger partial charge in [-0.25, -0.2) is 0 Å². The average Bonchev–Trinajstić information content (AvgIpc) is 2.27. The molecule has 0 unspecified atom stereocenters. The van der Waals surface area contributed by atoms with Crippen LogP contribution in [-0.2, 0) is 10.1 Å². The van der Waals surface area contributed by atoms with Gasteiger partial charge >= 0.3 is 10.1 Å². The monoisotopic (exact) mass is 360 g/mol. The van der Waals surface area contributed by atoms with E-state index in [0.717, 1.165) is 5.56 Å². The van der Waals surface area contributed by atoms with Crippen LogP contribution in [0.3, 0.4) is 0 Å². The molecule has 0 amide bonds. The number of hydrogen-bond acceptors (Lipinski definition) is 3. The van der Waals surface area contributed by atoms with Gasteiger partial charge in [0.15, 0.2) is 0 Å². The lowest BCUT2D eigenvalue weighted by Crippen LogP contribution is -2.09. The van der Waals surface area contributed by atoms with E-state index in [1.807, 2.05) is 6.92 Å². The van der Waals surface area contributed by atoms with E-state index in [-0.39, 0.29) is 10.6 Å². The molecule has 0 saturated carbocycles. The van der Waals surface area contributed by atoms with Crippen LogP contribution in [0, 0.1) is 6.92 Å². The summed E-state index contributed by atoms with van der Waals surface area (Å²) >= 11 is 9.07. The Bertz CT molecular complexity index is 676. The Balaban J connectivity index is 2.33. The van der Waals surface area contributed by atoms with E-state index in [1.165, 1.54) is 24.3 Å². The number of halogens is 2. The van der Waals surface area contributed by atoms with E-state index in [1.54, 1.807) is 18.2 Å². The first kappa shape index (κ1) is 14.4. The first-order valence-corrected chi connectivity index (χ1v) is 7.92. The molecule has 19 heavy (non-hydrogen) atoms. The second kappa shape index (κ2) is 5.53. The van der Waals surface area contributed by atoms with Crippen LogP contribution in [0.15, 0.2) is 51.8 Å². The van der Waals surface area contributed by atoms with Crippen molar-refractivity contribution in [1.29, 1.82) is 0 Å². The number of benzene rings is 2. The number of hydrogen-bond donors (Lipinski definition) is 0. The SMILES string of the molecule is Cc1ccc(S(=O)(=O)Oc2cc(Cl)cc(Br)c2)cc1. The van der Waals surface area contributed by atoms with Crippen molar-refractivity contribution < 1.29 is 12.6 Å². The Kier molecular flexibility index (Phi) is 4.18. The Labute approximate surface area is 125 Å². The molecule has 0 heterocycles. The molecular weight excluding hydrogens is 352 g/mol. The summed E-state index contributed by atoms with van der Waals surface area (Å²) < 4.78 is 29.8. The van der Waals surface area contributed by atoms with E-state index in [9.17, 15) is 8.42 Å². The standard InChI is InChI=1S/C13H10BrClO3S/c1-9-2-4-13(5-3-9)19(16,17)18-12-7-10(14)6-11(15)8-12/h2-8H,1H3. The lowest BCUT2D eigenvalue weighted by Gasteiger charge is -2.08. The van der Waals surface area contributed by atoms with Crippen LogP contribution in [0.2, 0.25) is 5.02 Å². The maximum absolute atomic E-state index is 12.1. The number of rotatable bonds is 3. The molecule has 0 fully saturated rings. The quantitative estimate of drug-likeness (QED) is 0.770. The lowest BCUT2D eigenvalue weighted by atomic mass is 10.2. The molecule has 0 saturated heterocycles. The van der Waals surface area contributed by atoms with E-state index in [0.29, 0.717) is 9.50 Å². The van der Waals surface area contributed by atoms with Gasteiger partial charge in [0, 0.05) is 15.6 Å². The zero-order valence-electron chi connectivity index (χ0n) is 9.93. The lowest BCUT2D eigenvalue weighted by molar-refractivity contribution is 0.486. The fourth-order valence-corrected chi connectivity index (χ4v) is 3.20. The minimum absolute atomic E-state index is 0.106. The van der Waals surface area contributed by atoms with Crippen molar-refractivity contribution in [1.82, 2.24) is 0 Å². The van der Waals surface area contributed by atoms with Gasteiger partial charge in [0.25, 0.3) is 0 Å². The van der Waals surface area contributed by atoms with Crippen LogP contribution < -0.4 is 4.18 Å². The van der Waals surface area contributed by atoms with Crippen molar-refractivity contribution in [2.75, 3.05) is 0 Å². The molecule has 0 spiro atoms. The highest BCUT2D eigenvalue weighted by atomic mass is 79.9. The highest BCUT2D eigenvalue weighted by Crippen LogP contribution is 2.27. The Morgan fingerprint density at radius 1 is 1.11 bits per heavy atom. The predicted octanol–water partition coefficient (Wildman–Crippen LogP) is 4.18. The Morgan fingerprint density at radius 3 is 2.32 bits per heavy atom. The molecule has 0 bridgehead atoms. The normalized spacial score (nSPS) is 11.3. The van der Waals surface area contributed by atoms with Gasteiger partial charge in [0.05, 0.1) is 0 Å². The van der Waals surface area contributed by atoms with Gasteiger partial charge < -0.3 is 4.18 Å². The van der Waals surface area contributed by atoms with E-state index < -0.39 is 10.1 Å². The summed E-state index contributed by atoms with van der Waals surface area (Å²) in [5.41, 5.74) is 0.976. The largest absolute Gasteiger partial charge is 0.379 e. The molecule has 6 heteroatoms. The number of aryl methyl sites for hydroxylation is 1. The molecule has 0 aliphatic carbocycles. The minimum Gasteiger partial charge on any atom is -0.379 e. The van der Waals surface area contributed by atoms with Crippen LogP contribution in [0.5, 0.6) is 5.75 Å². The van der Waals surface area contributed by atoms with E-state index in [2.05, 4.69) is 15.9 Å². The van der Waals surface area contributed by atoms with Crippen LogP contribution in [0.25, 0.3) is 0 Å². The van der Waals surface area contributed by atoms with Crippen molar-refractivity contribution in [2.45, 2.75) is 11.8 Å². The maximum Gasteiger partial charge on any atom is 0.339 e. The van der Waals surface area contributed by atoms with Gasteiger partial charge in [0.2, 0.25) is 0 Å². The van der Waals surface area contributed by atoms with E-state index >= 15 is 0 Å². The van der Waals surface area contributed by atoms with Gasteiger partial charge in [-0.05, 0) is 31.2 Å². The third kappa shape index (κ3) is 3.72. The zero-order valence-corrected chi connectivity index (χ0v) is 13.1. The van der Waals surface area contributed by atoms with Gasteiger partial charge in [-0.1, -0.05) is 45.2 Å². The molecule has 0 aliphatic heterocycles. The first-order chi connectivity index (χ1) is 8.87. The van der Waals surface area contributed by atoms with Crippen molar-refractivity contribution in [3.8, 4) is 5.75 Å². The summed E-state index contributed by atoms with van der Waals surface area (Å²) in [5.74, 6) is 0.167. The van der Waals surface area contributed by atoms with Crippen molar-refractivity contribution >= 4 is 37.6 Å². The molecule has 2 rings (SSSR count). The Hall–Kier alpha value is -1.04. The van der Waals surface area contributed by atoms with Crippen molar-refractivity contribution in [3.05, 3.63) is 57.5 Å². The fourth-order valence-electron chi connectivity index (χ4n) is 1.46. The minimum atomic E-state index is -3.84. The molecule has 2 aromatic carbocycles. The highest BCUT2D eigenvalue weighted by Gasteiger charge is 2.16. The molecule has 100 valence electrons. The van der Waals surface area contributed by atoms with Crippen molar-refractivity contribution in [2.24, 2.45) is 0 Å². The van der Waals surface area contributed by atoms with Gasteiger partial charge in [-0.3, -0.25) is 0 Å². The predicted molar refractivity (Wildman–Crippen MR) is 78.1 cm³/mol. The molecule has 0 aliphatic rings. The van der Waals surface area contributed by atoms with Crippen molar-refractivity contribution in [3.63, 3.8) is 0 Å². The molecule has 3 nitrogen and oxygen atoms in total. The second-order valence-corrected chi connectivity index (χ2v) is 6.85. The molecule has 0 N–H and O–H groups in total. The van der Waals surface area contributed by atoms with Gasteiger partial charge in [0.1, 0.15) is 10.6 Å². The molecule has 0 atom stereocenters. The summed E-state index contributed by atoms with van der Waals surface area (Å²) in [6.07, 6.45) is 0. The molecular formula is C13H10BrClO3S. The summed E-state index contributed by atoms with van der Waals surface area (Å²) in [5, 5.41) is 0.392. The second-order valence-electron chi connectivity index (χ2n) is 3.96. The maximum atomic E-state index is 12.1. The summed E-state index contributed by atoms with van der Waals surface area (Å²) in [4.78, 5) is 0.106. The van der Waals surface area contributed by atoms with Crippen LogP contribution in [-0.4, -0.2) is 8.42 Å². The fraction of sp³-hybridized carbons (Fsp3) is 0.0769. The molecule has 0 radical (unpaired) electrons. The van der Waals surface area contributed by atoms with Gasteiger partial charge in [-0.15, -0.1) is 0 Å². The first-order valence-electron chi connectivity index (χ1n) is 5.34. The summed E-state index contributed by atoms with van der Waals surface area (Å²) in [6, 6.07) is 11.1. The van der Waals surface area contributed by atoms with Crippen LogP contribution in [0.1, 0.15) is 5.56 Å². The average molecular weight is 362 g/mol. The van der Waals surface area contributed by atoms with Crippen LogP contribution in [0.4, 0.5) is 0 Å². The van der Waals surface area contributed by atoms with Gasteiger partial charge in [-0.2, -0.15) is 8.42 Å².